The van der Waals surface area contributed by atoms with Crippen LogP contribution in [-0.2, 0) is 4.79 Å². The Labute approximate surface area is 220 Å². The SMILES string of the molecule is O=C(NC1CCC(c2cccc(F)c2F)CN(CC(F)F)C1=O)N1CCC(n2c(=O)[nH]c3ncccc32)CC1. The average molecular weight is 549 g/mol. The van der Waals surface area contributed by atoms with E-state index in [-0.39, 0.29) is 36.7 Å². The summed E-state index contributed by atoms with van der Waals surface area (Å²) in [6.07, 6.45) is 0.0148. The number of nitrogens with zero attached hydrogens (tertiary/aromatic N) is 4. The largest absolute Gasteiger partial charge is 0.335 e. The summed E-state index contributed by atoms with van der Waals surface area (Å²) in [7, 11) is 0. The maximum absolute atomic E-state index is 14.5. The first kappa shape index (κ1) is 26.7. The number of carbonyl (C=O) groups is 2. The third-order valence-electron chi connectivity index (χ3n) is 7.54. The first-order chi connectivity index (χ1) is 18.7. The lowest BCUT2D eigenvalue weighted by molar-refractivity contribution is -0.134. The van der Waals surface area contributed by atoms with Crippen molar-refractivity contribution in [1.29, 1.82) is 0 Å². The molecule has 2 N–H and O–H groups in total. The number of likely N-dealkylation sites (tertiary alicyclic amines) is 2. The molecule has 2 aromatic heterocycles. The zero-order valence-corrected chi connectivity index (χ0v) is 21.0. The van der Waals surface area contributed by atoms with Gasteiger partial charge in [0.05, 0.1) is 12.1 Å². The summed E-state index contributed by atoms with van der Waals surface area (Å²) in [5.41, 5.74) is 0.898. The number of amides is 3. The first-order valence-electron chi connectivity index (χ1n) is 12.8. The maximum atomic E-state index is 14.5. The van der Waals surface area contributed by atoms with Gasteiger partial charge in [-0.2, -0.15) is 0 Å². The minimum absolute atomic E-state index is 0.0128. The monoisotopic (exact) mass is 548 g/mol. The van der Waals surface area contributed by atoms with Gasteiger partial charge in [0.1, 0.15) is 6.04 Å². The molecule has 2 fully saturated rings. The summed E-state index contributed by atoms with van der Waals surface area (Å²) in [6.45, 7) is -0.461. The van der Waals surface area contributed by atoms with E-state index in [2.05, 4.69) is 15.3 Å². The predicted octanol–water partition coefficient (Wildman–Crippen LogP) is 3.39. The molecule has 2 atom stereocenters. The fraction of sp³-hybridized carbons (Fsp3) is 0.462. The van der Waals surface area contributed by atoms with Gasteiger partial charge in [-0.25, -0.2) is 32.1 Å². The number of H-pyrrole nitrogens is 1. The van der Waals surface area contributed by atoms with Crippen LogP contribution in [0.1, 0.15) is 43.2 Å². The quantitative estimate of drug-likeness (QED) is 0.477. The first-order valence-corrected chi connectivity index (χ1v) is 12.8. The molecule has 2 saturated heterocycles. The zero-order valence-electron chi connectivity index (χ0n) is 21.0. The number of urea groups is 1. The number of hydrogen-bond acceptors (Lipinski definition) is 4. The number of piperidine rings is 1. The molecule has 39 heavy (non-hydrogen) atoms. The van der Waals surface area contributed by atoms with Crippen molar-refractivity contribution in [3.05, 3.63) is 64.2 Å². The third kappa shape index (κ3) is 5.48. The van der Waals surface area contributed by atoms with E-state index in [4.69, 9.17) is 0 Å². The Hall–Kier alpha value is -3.90. The molecular weight excluding hydrogens is 520 g/mol. The van der Waals surface area contributed by atoms with Crippen LogP contribution in [0, 0.1) is 11.6 Å². The number of carbonyl (C=O) groups excluding carboxylic acids is 2. The fourth-order valence-corrected chi connectivity index (χ4v) is 5.60. The number of fused-ring (bicyclic) bond motifs is 1. The molecule has 208 valence electrons. The second-order valence-corrected chi connectivity index (χ2v) is 9.94. The van der Waals surface area contributed by atoms with Crippen LogP contribution in [0.25, 0.3) is 11.2 Å². The highest BCUT2D eigenvalue weighted by atomic mass is 19.3. The highest BCUT2D eigenvalue weighted by Crippen LogP contribution is 2.31. The number of pyridine rings is 1. The third-order valence-corrected chi connectivity index (χ3v) is 7.54. The molecule has 13 heteroatoms. The lowest BCUT2D eigenvalue weighted by Gasteiger charge is -2.34. The number of rotatable bonds is 5. The number of hydrogen-bond donors (Lipinski definition) is 2. The molecule has 0 bridgehead atoms. The van der Waals surface area contributed by atoms with E-state index in [1.165, 1.54) is 17.0 Å². The molecule has 0 radical (unpaired) electrons. The van der Waals surface area contributed by atoms with Crippen molar-refractivity contribution in [1.82, 2.24) is 29.7 Å². The molecular formula is C26H28F4N6O3. The van der Waals surface area contributed by atoms with Crippen LogP contribution >= 0.6 is 0 Å². The second-order valence-electron chi connectivity index (χ2n) is 9.94. The molecule has 9 nitrogen and oxygen atoms in total. The molecule has 3 amide bonds. The van der Waals surface area contributed by atoms with Gasteiger partial charge in [0.15, 0.2) is 17.3 Å². The van der Waals surface area contributed by atoms with Gasteiger partial charge in [-0.1, -0.05) is 12.1 Å². The summed E-state index contributed by atoms with van der Waals surface area (Å²) < 4.78 is 56.5. The van der Waals surface area contributed by atoms with E-state index in [1.807, 2.05) is 0 Å². The number of benzene rings is 1. The smallest absolute Gasteiger partial charge is 0.327 e. The number of aromatic nitrogens is 3. The topological polar surface area (TPSA) is 103 Å². The van der Waals surface area contributed by atoms with E-state index in [9.17, 15) is 31.9 Å². The van der Waals surface area contributed by atoms with Gasteiger partial charge in [0.2, 0.25) is 5.91 Å². The van der Waals surface area contributed by atoms with Crippen molar-refractivity contribution in [2.45, 2.75) is 50.1 Å². The standard InChI is InChI=1S/C26H28F4N6O3/c27-18-4-1-3-17(22(18)30)15-6-7-19(24(37)35(13-15)14-21(28)29)32-25(38)34-11-8-16(9-12-34)36-20-5-2-10-31-23(20)33-26(36)39/h1-5,10,15-16,19,21H,6-9,11-14H2,(H,32,38)(H,31,33,39). The average Bonchev–Trinajstić information content (AvgIpc) is 3.18. The highest BCUT2D eigenvalue weighted by molar-refractivity contribution is 5.87. The molecule has 1 aromatic carbocycles. The molecule has 2 aliphatic rings. The molecule has 3 aromatic rings. The minimum atomic E-state index is -2.83. The Balaban J connectivity index is 1.26. The number of nitrogens with one attached hydrogen (secondary N) is 2. The molecule has 0 spiro atoms. The van der Waals surface area contributed by atoms with Crippen molar-refractivity contribution in [3.8, 4) is 0 Å². The van der Waals surface area contributed by atoms with Gasteiger partial charge in [0, 0.05) is 37.8 Å². The molecule has 2 aliphatic heterocycles. The van der Waals surface area contributed by atoms with Crippen LogP contribution in [0.2, 0.25) is 0 Å². The normalized spacial score (nSPS) is 21.0. The summed E-state index contributed by atoms with van der Waals surface area (Å²) in [5.74, 6) is -3.51. The van der Waals surface area contributed by atoms with E-state index < -0.39 is 48.5 Å². The highest BCUT2D eigenvalue weighted by Gasteiger charge is 2.36. The van der Waals surface area contributed by atoms with Crippen LogP contribution in [0.5, 0.6) is 0 Å². The summed E-state index contributed by atoms with van der Waals surface area (Å²) in [4.78, 5) is 48.0. The van der Waals surface area contributed by atoms with Crippen molar-refractivity contribution in [2.24, 2.45) is 0 Å². The molecule has 5 rings (SSSR count). The molecule has 2 unspecified atom stereocenters. The van der Waals surface area contributed by atoms with E-state index in [0.717, 1.165) is 11.0 Å². The number of aromatic amines is 1. The maximum Gasteiger partial charge on any atom is 0.327 e. The Morgan fingerprint density at radius 1 is 1.08 bits per heavy atom. The lowest BCUT2D eigenvalue weighted by atomic mass is 9.93. The van der Waals surface area contributed by atoms with Crippen LogP contribution in [0.3, 0.4) is 0 Å². The van der Waals surface area contributed by atoms with Crippen LogP contribution < -0.4 is 11.0 Å². The summed E-state index contributed by atoms with van der Waals surface area (Å²) >= 11 is 0. The van der Waals surface area contributed by atoms with Gasteiger partial charge in [-0.15, -0.1) is 0 Å². The lowest BCUT2D eigenvalue weighted by Crippen LogP contribution is -2.53. The second kappa shape index (κ2) is 11.1. The number of halogens is 4. The van der Waals surface area contributed by atoms with Gasteiger partial charge in [0.25, 0.3) is 6.43 Å². The molecule has 4 heterocycles. The van der Waals surface area contributed by atoms with Crippen LogP contribution in [0.15, 0.2) is 41.3 Å². The number of imidazole rings is 1. The van der Waals surface area contributed by atoms with Crippen LogP contribution in [0.4, 0.5) is 22.4 Å². The van der Waals surface area contributed by atoms with Crippen LogP contribution in [-0.4, -0.2) is 74.9 Å². The van der Waals surface area contributed by atoms with Gasteiger partial charge in [-0.3, -0.25) is 14.3 Å². The van der Waals surface area contributed by atoms with Gasteiger partial charge in [-0.05, 0) is 49.4 Å². The van der Waals surface area contributed by atoms with Crippen molar-refractivity contribution >= 4 is 23.1 Å². The Morgan fingerprint density at radius 3 is 2.59 bits per heavy atom. The predicted molar refractivity (Wildman–Crippen MR) is 133 cm³/mol. The van der Waals surface area contributed by atoms with Crippen molar-refractivity contribution in [3.63, 3.8) is 0 Å². The Kier molecular flexibility index (Phi) is 7.58. The van der Waals surface area contributed by atoms with E-state index >= 15 is 0 Å². The number of alkyl halides is 2. The summed E-state index contributed by atoms with van der Waals surface area (Å²) in [5, 5.41) is 2.67. The molecule has 0 aliphatic carbocycles. The fourth-order valence-electron chi connectivity index (χ4n) is 5.60. The van der Waals surface area contributed by atoms with Crippen molar-refractivity contribution in [2.75, 3.05) is 26.2 Å². The van der Waals surface area contributed by atoms with Gasteiger partial charge >= 0.3 is 11.7 Å². The van der Waals surface area contributed by atoms with Gasteiger partial charge < -0.3 is 15.1 Å². The molecule has 0 saturated carbocycles. The van der Waals surface area contributed by atoms with E-state index in [0.29, 0.717) is 37.1 Å². The van der Waals surface area contributed by atoms with E-state index in [1.54, 1.807) is 22.9 Å². The summed E-state index contributed by atoms with van der Waals surface area (Å²) in [6, 6.07) is 5.46. The van der Waals surface area contributed by atoms with Crippen molar-refractivity contribution < 1.29 is 27.2 Å². The minimum Gasteiger partial charge on any atom is -0.335 e. The Morgan fingerprint density at radius 2 is 1.85 bits per heavy atom. The zero-order chi connectivity index (χ0) is 27.7. The Bertz CT molecular complexity index is 1420.